The van der Waals surface area contributed by atoms with E-state index in [1.807, 2.05) is 13.8 Å². The molecule has 4 amide bonds. The number of carbonyl (C=O) groups is 5. The standard InChI is InChI=1S/C32H61N5O6/c1-5-7-8-9-10-11-12-18-28(38)34-25-16-23-33-22-15-20-30(40)37-27(6-2)32(42)35-24-14-17-26(3)36-29(39)19-13-21-31(41)43-4/h26-27,33H,5-25H2,1-4H3,(H,34,38)(H,35,42)(H,36,39)(H,37,40)/t26-,27+/m0/s1. The van der Waals surface area contributed by atoms with Crippen LogP contribution in [0, 0.1) is 0 Å². The van der Waals surface area contributed by atoms with Gasteiger partial charge in [0.05, 0.1) is 7.11 Å². The van der Waals surface area contributed by atoms with Crippen molar-refractivity contribution in [3.8, 4) is 0 Å². The number of amides is 4. The molecule has 250 valence electrons. The van der Waals surface area contributed by atoms with E-state index in [2.05, 4.69) is 38.2 Å². The van der Waals surface area contributed by atoms with Crippen LogP contribution in [0.15, 0.2) is 0 Å². The van der Waals surface area contributed by atoms with Gasteiger partial charge in [-0.15, -0.1) is 0 Å². The van der Waals surface area contributed by atoms with Gasteiger partial charge >= 0.3 is 5.97 Å². The molecule has 0 radical (unpaired) electrons. The lowest BCUT2D eigenvalue weighted by atomic mass is 10.1. The fourth-order valence-corrected chi connectivity index (χ4v) is 4.55. The van der Waals surface area contributed by atoms with Gasteiger partial charge in [0.2, 0.25) is 23.6 Å². The lowest BCUT2D eigenvalue weighted by molar-refractivity contribution is -0.140. The molecular formula is C32H61N5O6. The Morgan fingerprint density at radius 1 is 0.605 bits per heavy atom. The van der Waals surface area contributed by atoms with Crippen LogP contribution in [0.1, 0.15) is 130 Å². The molecule has 0 spiro atoms. The van der Waals surface area contributed by atoms with E-state index in [9.17, 15) is 24.0 Å². The van der Waals surface area contributed by atoms with Crippen molar-refractivity contribution in [2.45, 2.75) is 142 Å². The Morgan fingerprint density at radius 2 is 1.21 bits per heavy atom. The highest BCUT2D eigenvalue weighted by Crippen LogP contribution is 2.08. The van der Waals surface area contributed by atoms with Gasteiger partial charge in [0.1, 0.15) is 6.04 Å². The first kappa shape index (κ1) is 40.3. The van der Waals surface area contributed by atoms with Gasteiger partial charge in [-0.1, -0.05) is 52.4 Å². The van der Waals surface area contributed by atoms with Crippen molar-refractivity contribution >= 4 is 29.6 Å². The van der Waals surface area contributed by atoms with Gasteiger partial charge in [0.25, 0.3) is 0 Å². The van der Waals surface area contributed by atoms with Crippen molar-refractivity contribution in [2.75, 3.05) is 33.3 Å². The Bertz CT molecular complexity index is 779. The zero-order valence-corrected chi connectivity index (χ0v) is 27.5. The SMILES string of the molecule is CCCCCCCCCC(=O)NCCCNCCCC(=O)N[C@H](CC)C(=O)NCCC[C@H](C)NC(=O)CCCC(=O)OC. The maximum atomic E-state index is 12.5. The summed E-state index contributed by atoms with van der Waals surface area (Å²) in [6, 6.07) is -0.617. The number of ether oxygens (including phenoxy) is 1. The van der Waals surface area contributed by atoms with Crippen molar-refractivity contribution in [1.82, 2.24) is 26.6 Å². The van der Waals surface area contributed by atoms with Crippen LogP contribution in [-0.2, 0) is 28.7 Å². The van der Waals surface area contributed by atoms with Crippen LogP contribution in [-0.4, -0.2) is 75.0 Å². The number of hydrogen-bond donors (Lipinski definition) is 5. The fraction of sp³-hybridized carbons (Fsp3) is 0.844. The second kappa shape index (κ2) is 28.1. The fourth-order valence-electron chi connectivity index (χ4n) is 4.55. The predicted octanol–water partition coefficient (Wildman–Crippen LogP) is 3.64. The highest BCUT2D eigenvalue weighted by atomic mass is 16.5. The average Bonchev–Trinajstić information content (AvgIpc) is 2.98. The van der Waals surface area contributed by atoms with Crippen LogP contribution in [0.5, 0.6) is 0 Å². The number of nitrogens with one attached hydrogen (secondary N) is 5. The minimum absolute atomic E-state index is 0.0451. The van der Waals surface area contributed by atoms with Crippen molar-refractivity contribution < 1.29 is 28.7 Å². The van der Waals surface area contributed by atoms with E-state index in [-0.39, 0.29) is 48.5 Å². The number of rotatable bonds is 28. The van der Waals surface area contributed by atoms with Crippen molar-refractivity contribution in [1.29, 1.82) is 0 Å². The highest BCUT2D eigenvalue weighted by Gasteiger charge is 2.18. The first-order valence-corrected chi connectivity index (χ1v) is 16.6. The number of esters is 1. The van der Waals surface area contributed by atoms with Gasteiger partial charge in [-0.25, -0.2) is 0 Å². The number of methoxy groups -OCH3 is 1. The smallest absolute Gasteiger partial charge is 0.305 e. The Morgan fingerprint density at radius 3 is 1.91 bits per heavy atom. The Kier molecular flexibility index (Phi) is 26.3. The molecule has 0 unspecified atom stereocenters. The zero-order chi connectivity index (χ0) is 32.1. The molecule has 11 heteroatoms. The molecule has 43 heavy (non-hydrogen) atoms. The van der Waals surface area contributed by atoms with Crippen LogP contribution < -0.4 is 26.6 Å². The summed E-state index contributed by atoms with van der Waals surface area (Å²) in [7, 11) is 1.32. The third kappa shape index (κ3) is 25.5. The molecule has 0 aromatic rings. The van der Waals surface area contributed by atoms with Crippen molar-refractivity contribution in [3.63, 3.8) is 0 Å². The van der Waals surface area contributed by atoms with E-state index < -0.39 is 6.04 Å². The van der Waals surface area contributed by atoms with E-state index in [0.717, 1.165) is 25.8 Å². The summed E-state index contributed by atoms with van der Waals surface area (Å²) in [5.74, 6) is -0.660. The second-order valence-electron chi connectivity index (χ2n) is 11.3. The van der Waals surface area contributed by atoms with Crippen LogP contribution >= 0.6 is 0 Å². The van der Waals surface area contributed by atoms with E-state index in [4.69, 9.17) is 0 Å². The molecule has 0 aromatic heterocycles. The minimum atomic E-state index is -0.572. The van der Waals surface area contributed by atoms with E-state index in [0.29, 0.717) is 64.6 Å². The van der Waals surface area contributed by atoms with Crippen molar-refractivity contribution in [3.05, 3.63) is 0 Å². The summed E-state index contributed by atoms with van der Waals surface area (Å²) in [6.07, 6.45) is 13.7. The minimum Gasteiger partial charge on any atom is -0.469 e. The third-order valence-corrected chi connectivity index (χ3v) is 7.21. The third-order valence-electron chi connectivity index (χ3n) is 7.21. The maximum absolute atomic E-state index is 12.5. The summed E-state index contributed by atoms with van der Waals surface area (Å²) >= 11 is 0. The van der Waals surface area contributed by atoms with Gasteiger partial charge in [-0.05, 0) is 65.0 Å². The lowest BCUT2D eigenvalue weighted by Gasteiger charge is -2.18. The summed E-state index contributed by atoms with van der Waals surface area (Å²) in [4.78, 5) is 59.8. The molecule has 0 aliphatic rings. The number of carbonyl (C=O) groups excluding carboxylic acids is 5. The molecular weight excluding hydrogens is 550 g/mol. The van der Waals surface area contributed by atoms with Crippen LogP contribution in [0.4, 0.5) is 0 Å². The molecule has 5 N–H and O–H groups in total. The molecule has 0 saturated heterocycles. The van der Waals surface area contributed by atoms with Gasteiger partial charge in [-0.3, -0.25) is 24.0 Å². The molecule has 0 bridgehead atoms. The molecule has 0 heterocycles. The second-order valence-corrected chi connectivity index (χ2v) is 11.3. The Hall–Kier alpha value is -2.69. The molecule has 11 nitrogen and oxygen atoms in total. The summed E-state index contributed by atoms with van der Waals surface area (Å²) in [6.45, 7) is 8.56. The van der Waals surface area contributed by atoms with E-state index >= 15 is 0 Å². The molecule has 0 aromatic carbocycles. The molecule has 0 fully saturated rings. The quantitative estimate of drug-likeness (QED) is 0.0668. The Labute approximate surface area is 260 Å². The molecule has 0 saturated carbocycles. The predicted molar refractivity (Wildman–Crippen MR) is 170 cm³/mol. The summed E-state index contributed by atoms with van der Waals surface area (Å²) < 4.78 is 4.56. The first-order valence-electron chi connectivity index (χ1n) is 16.6. The zero-order valence-electron chi connectivity index (χ0n) is 27.5. The maximum Gasteiger partial charge on any atom is 0.305 e. The van der Waals surface area contributed by atoms with Crippen LogP contribution in [0.2, 0.25) is 0 Å². The molecule has 0 rings (SSSR count). The average molecular weight is 612 g/mol. The molecule has 0 aliphatic carbocycles. The normalized spacial score (nSPS) is 12.2. The summed E-state index contributed by atoms with van der Waals surface area (Å²) in [5.41, 5.74) is 0. The summed E-state index contributed by atoms with van der Waals surface area (Å²) in [5, 5.41) is 14.8. The van der Waals surface area contributed by atoms with Crippen molar-refractivity contribution in [2.24, 2.45) is 0 Å². The van der Waals surface area contributed by atoms with E-state index in [1.165, 1.54) is 39.2 Å². The largest absolute Gasteiger partial charge is 0.469 e. The Balaban J connectivity index is 3.81. The molecule has 0 aliphatic heterocycles. The first-order chi connectivity index (χ1) is 20.7. The topological polar surface area (TPSA) is 155 Å². The highest BCUT2D eigenvalue weighted by molar-refractivity contribution is 5.87. The number of hydrogen-bond acceptors (Lipinski definition) is 7. The van der Waals surface area contributed by atoms with Gasteiger partial charge in [-0.2, -0.15) is 0 Å². The number of unbranched alkanes of at least 4 members (excludes halogenated alkanes) is 6. The van der Waals surface area contributed by atoms with Gasteiger partial charge in [0.15, 0.2) is 0 Å². The molecule has 2 atom stereocenters. The monoisotopic (exact) mass is 611 g/mol. The van der Waals surface area contributed by atoms with Crippen LogP contribution in [0.25, 0.3) is 0 Å². The lowest BCUT2D eigenvalue weighted by Crippen LogP contribution is -2.46. The van der Waals surface area contributed by atoms with E-state index in [1.54, 1.807) is 0 Å². The van der Waals surface area contributed by atoms with Gasteiger partial charge < -0.3 is 31.3 Å². The van der Waals surface area contributed by atoms with Crippen LogP contribution in [0.3, 0.4) is 0 Å². The van der Waals surface area contributed by atoms with Gasteiger partial charge in [0, 0.05) is 44.8 Å².